The molecule has 126 valence electrons. The van der Waals surface area contributed by atoms with E-state index in [9.17, 15) is 17.6 Å². The minimum absolute atomic E-state index is 0.0659. The third-order valence-electron chi connectivity index (χ3n) is 3.78. The molecule has 0 amide bonds. The third-order valence-corrected chi connectivity index (χ3v) is 4.37. The molecule has 9 heteroatoms. The van der Waals surface area contributed by atoms with Gasteiger partial charge < -0.3 is 15.0 Å². The summed E-state index contributed by atoms with van der Waals surface area (Å²) in [4.78, 5) is 4.09. The van der Waals surface area contributed by atoms with Crippen LogP contribution in [0.2, 0.25) is 0 Å². The van der Waals surface area contributed by atoms with Crippen molar-refractivity contribution in [2.75, 3.05) is 18.4 Å². The molecule has 0 radical (unpaired) electrons. The van der Waals surface area contributed by atoms with Gasteiger partial charge in [-0.3, -0.25) is 0 Å². The number of nitrogens with zero attached hydrogens (tertiary/aromatic N) is 2. The Kier molecular flexibility index (Phi) is 4.68. The molecule has 2 unspecified atom stereocenters. The van der Waals surface area contributed by atoms with Crippen molar-refractivity contribution in [3.05, 3.63) is 27.7 Å². The average molecular weight is 442 g/mol. The number of rotatable bonds is 3. The van der Waals surface area contributed by atoms with Crippen LogP contribution in [-0.4, -0.2) is 40.9 Å². The van der Waals surface area contributed by atoms with Crippen molar-refractivity contribution in [3.8, 4) is 0 Å². The number of anilines is 1. The van der Waals surface area contributed by atoms with Gasteiger partial charge in [0.25, 0.3) is 0 Å². The molecule has 2 N–H and O–H groups in total. The molecular weight excluding hydrogens is 427 g/mol. The Morgan fingerprint density at radius 1 is 1.43 bits per heavy atom. The Hall–Kier alpha value is -1.10. The van der Waals surface area contributed by atoms with Crippen LogP contribution in [0.25, 0.3) is 5.65 Å². The number of alkyl halides is 4. The summed E-state index contributed by atoms with van der Waals surface area (Å²) >= 11 is 2.03. The van der Waals surface area contributed by atoms with Gasteiger partial charge in [0.2, 0.25) is 0 Å². The van der Waals surface area contributed by atoms with Crippen molar-refractivity contribution in [3.63, 3.8) is 0 Å². The number of pyridine rings is 1. The maximum atomic E-state index is 14.0. The summed E-state index contributed by atoms with van der Waals surface area (Å²) in [5.74, 6) is 0. The average Bonchev–Trinajstić information content (AvgIpc) is 2.82. The minimum Gasteiger partial charge on any atom is -0.376 e. The molecule has 0 bridgehead atoms. The molecule has 1 aliphatic heterocycles. The quantitative estimate of drug-likeness (QED) is 0.567. The van der Waals surface area contributed by atoms with Gasteiger partial charge in [0.1, 0.15) is 6.17 Å². The molecule has 0 aliphatic carbocycles. The second-order valence-corrected chi connectivity index (χ2v) is 6.81. The molecule has 2 atom stereocenters. The fourth-order valence-corrected chi connectivity index (χ4v) is 3.32. The lowest BCUT2D eigenvalue weighted by molar-refractivity contribution is -0.127. The molecule has 23 heavy (non-hydrogen) atoms. The Balaban J connectivity index is 1.94. The van der Waals surface area contributed by atoms with Crippen molar-refractivity contribution >= 4 is 33.9 Å². The number of aromatic nitrogens is 2. The highest BCUT2D eigenvalue weighted by Crippen LogP contribution is 2.27. The Morgan fingerprint density at radius 2 is 2.22 bits per heavy atom. The first-order valence-corrected chi connectivity index (χ1v) is 8.25. The van der Waals surface area contributed by atoms with Crippen molar-refractivity contribution in [1.29, 1.82) is 0 Å². The molecule has 1 aliphatic rings. The van der Waals surface area contributed by atoms with E-state index in [2.05, 4.69) is 15.6 Å². The standard InChI is InChI=1S/C14H15F4IN4/c15-10-6-20-2-1-11(10)22-12-3-8(19)7-23-9(4-14(16,17)18)5-21-13(12)23/h3,5,7,10-11,20,22H,1-2,4,6H2. The number of halogens is 5. The summed E-state index contributed by atoms with van der Waals surface area (Å²) in [6.45, 7) is 0.970. The summed E-state index contributed by atoms with van der Waals surface area (Å²) in [6.07, 6.45) is -2.97. The van der Waals surface area contributed by atoms with Gasteiger partial charge in [0.15, 0.2) is 5.65 Å². The van der Waals surface area contributed by atoms with Crippen molar-refractivity contribution in [2.45, 2.75) is 31.2 Å². The van der Waals surface area contributed by atoms with Crippen LogP contribution in [0.3, 0.4) is 0 Å². The van der Waals surface area contributed by atoms with Gasteiger partial charge in [-0.2, -0.15) is 13.2 Å². The second kappa shape index (κ2) is 6.42. The summed E-state index contributed by atoms with van der Waals surface area (Å²) in [7, 11) is 0. The zero-order valence-corrected chi connectivity index (χ0v) is 14.2. The van der Waals surface area contributed by atoms with E-state index in [1.165, 1.54) is 10.6 Å². The van der Waals surface area contributed by atoms with E-state index in [1.54, 1.807) is 12.3 Å². The number of hydrogen-bond acceptors (Lipinski definition) is 3. The number of nitrogens with one attached hydrogen (secondary N) is 2. The zero-order valence-electron chi connectivity index (χ0n) is 12.0. The number of imidazole rings is 1. The van der Waals surface area contributed by atoms with Crippen LogP contribution >= 0.6 is 22.6 Å². The summed E-state index contributed by atoms with van der Waals surface area (Å²) in [6, 6.07) is 1.40. The number of hydrogen-bond donors (Lipinski definition) is 2. The van der Waals surface area contributed by atoms with Crippen LogP contribution in [0.5, 0.6) is 0 Å². The summed E-state index contributed by atoms with van der Waals surface area (Å²) in [5.41, 5.74) is 1.01. The minimum atomic E-state index is -4.30. The topological polar surface area (TPSA) is 41.4 Å². The van der Waals surface area contributed by atoms with E-state index in [1.807, 2.05) is 22.6 Å². The van der Waals surface area contributed by atoms with E-state index in [0.29, 0.717) is 24.3 Å². The second-order valence-electron chi connectivity index (χ2n) is 5.57. The smallest absolute Gasteiger partial charge is 0.376 e. The predicted octanol–water partition coefficient (Wildman–Crippen LogP) is 3.16. The van der Waals surface area contributed by atoms with Crippen molar-refractivity contribution in [1.82, 2.24) is 14.7 Å². The molecule has 3 heterocycles. The molecule has 2 aromatic heterocycles. The maximum absolute atomic E-state index is 14.0. The molecule has 3 rings (SSSR count). The van der Waals surface area contributed by atoms with E-state index in [-0.39, 0.29) is 18.3 Å². The highest BCUT2D eigenvalue weighted by molar-refractivity contribution is 14.1. The molecule has 1 saturated heterocycles. The lowest BCUT2D eigenvalue weighted by Crippen LogP contribution is -2.45. The molecule has 0 spiro atoms. The van der Waals surface area contributed by atoms with Gasteiger partial charge in [-0.1, -0.05) is 0 Å². The predicted molar refractivity (Wildman–Crippen MR) is 87.5 cm³/mol. The van der Waals surface area contributed by atoms with Gasteiger partial charge in [0.05, 0.1) is 23.8 Å². The van der Waals surface area contributed by atoms with Gasteiger partial charge in [-0.15, -0.1) is 0 Å². The van der Waals surface area contributed by atoms with Crippen molar-refractivity contribution in [2.24, 2.45) is 0 Å². The molecular formula is C14H15F4IN4. The van der Waals surface area contributed by atoms with Crippen LogP contribution in [0.1, 0.15) is 12.1 Å². The fourth-order valence-electron chi connectivity index (χ4n) is 2.73. The molecule has 4 nitrogen and oxygen atoms in total. The number of fused-ring (bicyclic) bond motifs is 1. The molecule has 0 aromatic carbocycles. The summed E-state index contributed by atoms with van der Waals surface area (Å²) in [5, 5.41) is 6.07. The number of piperidine rings is 1. The fraction of sp³-hybridized carbons (Fsp3) is 0.500. The van der Waals surface area contributed by atoms with E-state index in [0.717, 1.165) is 3.57 Å². The zero-order chi connectivity index (χ0) is 16.6. The maximum Gasteiger partial charge on any atom is 0.394 e. The molecule has 1 fully saturated rings. The Bertz CT molecular complexity index is 700. The first-order valence-electron chi connectivity index (χ1n) is 7.17. The van der Waals surface area contributed by atoms with E-state index in [4.69, 9.17) is 0 Å². The Labute approximate surface area is 143 Å². The Morgan fingerprint density at radius 3 is 2.91 bits per heavy atom. The first kappa shape index (κ1) is 16.7. The van der Waals surface area contributed by atoms with Crippen LogP contribution in [0.4, 0.5) is 23.2 Å². The first-order chi connectivity index (χ1) is 10.8. The normalized spacial score (nSPS) is 22.5. The lowest BCUT2D eigenvalue weighted by atomic mass is 10.0. The summed E-state index contributed by atoms with van der Waals surface area (Å²) < 4.78 is 54.1. The van der Waals surface area contributed by atoms with Gasteiger partial charge in [-0.05, 0) is 41.6 Å². The van der Waals surface area contributed by atoms with Gasteiger partial charge in [-0.25, -0.2) is 9.37 Å². The van der Waals surface area contributed by atoms with Crippen LogP contribution in [0, 0.1) is 3.57 Å². The largest absolute Gasteiger partial charge is 0.394 e. The van der Waals surface area contributed by atoms with Crippen LogP contribution in [-0.2, 0) is 6.42 Å². The molecule has 0 saturated carbocycles. The van der Waals surface area contributed by atoms with Gasteiger partial charge >= 0.3 is 6.18 Å². The third kappa shape index (κ3) is 3.87. The highest BCUT2D eigenvalue weighted by Gasteiger charge is 2.30. The highest BCUT2D eigenvalue weighted by atomic mass is 127. The SMILES string of the molecule is FC1CNCCC1Nc1cc(I)cn2c(CC(F)(F)F)cnc12. The molecule has 2 aromatic rings. The van der Waals surface area contributed by atoms with Gasteiger partial charge in [0, 0.05) is 22.5 Å². The van der Waals surface area contributed by atoms with Crippen LogP contribution < -0.4 is 10.6 Å². The van der Waals surface area contributed by atoms with Crippen LogP contribution in [0.15, 0.2) is 18.5 Å². The van der Waals surface area contributed by atoms with E-state index >= 15 is 0 Å². The monoisotopic (exact) mass is 442 g/mol. The van der Waals surface area contributed by atoms with E-state index < -0.39 is 18.8 Å². The van der Waals surface area contributed by atoms with Crippen molar-refractivity contribution < 1.29 is 17.6 Å². The lowest BCUT2D eigenvalue weighted by Gasteiger charge is -2.28.